The second-order valence-corrected chi connectivity index (χ2v) is 3.97. The van der Waals surface area contributed by atoms with Crippen molar-refractivity contribution in [3.63, 3.8) is 0 Å². The molecule has 0 spiro atoms. The number of ether oxygens (including phenoxy) is 1. The van der Waals surface area contributed by atoms with Crippen molar-refractivity contribution in [3.8, 4) is 0 Å². The van der Waals surface area contributed by atoms with Gasteiger partial charge in [0.15, 0.2) is 0 Å². The molecule has 0 aromatic carbocycles. The van der Waals surface area contributed by atoms with Crippen LogP contribution >= 0.6 is 0 Å². The highest BCUT2D eigenvalue weighted by atomic mass is 16.5. The summed E-state index contributed by atoms with van der Waals surface area (Å²) in [5.74, 6) is 0.997. The van der Waals surface area contributed by atoms with E-state index in [-0.39, 0.29) is 11.8 Å². The van der Waals surface area contributed by atoms with Gasteiger partial charge in [0.25, 0.3) is 0 Å². The molecule has 1 N–H and O–H groups in total. The Morgan fingerprint density at radius 1 is 1.64 bits per heavy atom. The summed E-state index contributed by atoms with van der Waals surface area (Å²) in [6.45, 7) is 2.70. The molecule has 0 heterocycles. The van der Waals surface area contributed by atoms with Gasteiger partial charge in [0, 0.05) is 33.2 Å². The standard InChI is InChI=1S/C10H20N2O2/c1-11-10(13)9-6-8(9)7-12(2)4-5-14-3/h8-9H,4-7H2,1-3H3,(H,11,13). The number of nitrogens with zero attached hydrogens (tertiary/aromatic N) is 1. The second kappa shape index (κ2) is 5.32. The maximum atomic E-state index is 11.2. The Hall–Kier alpha value is -0.610. The van der Waals surface area contributed by atoms with E-state index in [1.807, 2.05) is 0 Å². The number of amides is 1. The molecule has 0 radical (unpaired) electrons. The molecule has 1 aliphatic rings. The molecule has 1 saturated carbocycles. The van der Waals surface area contributed by atoms with Crippen molar-refractivity contribution in [1.29, 1.82) is 0 Å². The number of rotatable bonds is 6. The number of hydrogen-bond donors (Lipinski definition) is 1. The fourth-order valence-corrected chi connectivity index (χ4v) is 1.69. The van der Waals surface area contributed by atoms with Gasteiger partial charge in [0.1, 0.15) is 0 Å². The summed E-state index contributed by atoms with van der Waals surface area (Å²) in [4.78, 5) is 13.4. The van der Waals surface area contributed by atoms with E-state index in [9.17, 15) is 4.79 Å². The summed E-state index contributed by atoms with van der Waals surface area (Å²) in [6.07, 6.45) is 1.04. The van der Waals surface area contributed by atoms with Gasteiger partial charge in [0.05, 0.1) is 6.61 Å². The van der Waals surface area contributed by atoms with Crippen molar-refractivity contribution in [2.24, 2.45) is 11.8 Å². The van der Waals surface area contributed by atoms with E-state index < -0.39 is 0 Å². The summed E-state index contributed by atoms with van der Waals surface area (Å²) in [5, 5.41) is 2.69. The number of carbonyl (C=O) groups excluding carboxylic acids is 1. The van der Waals surface area contributed by atoms with Crippen molar-refractivity contribution in [2.45, 2.75) is 6.42 Å². The average Bonchev–Trinajstić information content (AvgIpc) is 2.93. The van der Waals surface area contributed by atoms with E-state index in [4.69, 9.17) is 4.74 Å². The number of methoxy groups -OCH3 is 1. The van der Waals surface area contributed by atoms with Crippen LogP contribution in [0.3, 0.4) is 0 Å². The van der Waals surface area contributed by atoms with E-state index >= 15 is 0 Å². The predicted octanol–water partition coefficient (Wildman–Crippen LogP) is -0.0533. The van der Waals surface area contributed by atoms with E-state index in [0.29, 0.717) is 5.92 Å². The smallest absolute Gasteiger partial charge is 0.223 e. The van der Waals surface area contributed by atoms with Gasteiger partial charge in [-0.25, -0.2) is 0 Å². The normalized spacial score (nSPS) is 25.1. The maximum absolute atomic E-state index is 11.2. The minimum Gasteiger partial charge on any atom is -0.383 e. The number of likely N-dealkylation sites (N-methyl/N-ethyl adjacent to an activating group) is 1. The molecule has 0 aromatic rings. The third kappa shape index (κ3) is 3.27. The van der Waals surface area contributed by atoms with Crippen LogP contribution in [0, 0.1) is 11.8 Å². The first-order chi connectivity index (χ1) is 6.69. The molecule has 2 atom stereocenters. The molecule has 0 aliphatic heterocycles. The zero-order valence-corrected chi connectivity index (χ0v) is 9.25. The van der Waals surface area contributed by atoms with Crippen LogP contribution in [-0.2, 0) is 9.53 Å². The van der Waals surface area contributed by atoms with Crippen LogP contribution in [0.5, 0.6) is 0 Å². The molecule has 4 nitrogen and oxygen atoms in total. The highest BCUT2D eigenvalue weighted by Gasteiger charge is 2.42. The Labute approximate surface area is 85.6 Å². The third-order valence-electron chi connectivity index (χ3n) is 2.73. The molecule has 1 aliphatic carbocycles. The molecule has 0 aromatic heterocycles. The lowest BCUT2D eigenvalue weighted by molar-refractivity contribution is -0.122. The van der Waals surface area contributed by atoms with Crippen LogP contribution in [0.25, 0.3) is 0 Å². The Morgan fingerprint density at radius 2 is 2.36 bits per heavy atom. The van der Waals surface area contributed by atoms with Crippen LogP contribution in [0.1, 0.15) is 6.42 Å². The Kier molecular flexibility index (Phi) is 4.35. The molecule has 0 saturated heterocycles. The van der Waals surface area contributed by atoms with E-state index in [1.54, 1.807) is 14.2 Å². The fourth-order valence-electron chi connectivity index (χ4n) is 1.69. The van der Waals surface area contributed by atoms with Crippen molar-refractivity contribution >= 4 is 5.91 Å². The van der Waals surface area contributed by atoms with Crippen LogP contribution < -0.4 is 5.32 Å². The molecule has 2 unspecified atom stereocenters. The van der Waals surface area contributed by atoms with Crippen molar-refractivity contribution in [1.82, 2.24) is 10.2 Å². The molecule has 1 rings (SSSR count). The van der Waals surface area contributed by atoms with Crippen molar-refractivity contribution in [2.75, 3.05) is 40.9 Å². The third-order valence-corrected chi connectivity index (χ3v) is 2.73. The molecule has 82 valence electrons. The summed E-state index contributed by atoms with van der Waals surface area (Å²) < 4.78 is 4.99. The van der Waals surface area contributed by atoms with Gasteiger partial charge in [0.2, 0.25) is 5.91 Å². The SMILES string of the molecule is CNC(=O)C1CC1CN(C)CCOC. The molecular weight excluding hydrogens is 180 g/mol. The Bertz CT molecular complexity index is 197. The maximum Gasteiger partial charge on any atom is 0.223 e. The highest BCUT2D eigenvalue weighted by molar-refractivity contribution is 5.81. The molecule has 4 heteroatoms. The first-order valence-electron chi connectivity index (χ1n) is 5.08. The van der Waals surface area contributed by atoms with Gasteiger partial charge >= 0.3 is 0 Å². The average molecular weight is 200 g/mol. The van der Waals surface area contributed by atoms with Crippen LogP contribution in [0.2, 0.25) is 0 Å². The van der Waals surface area contributed by atoms with E-state index in [0.717, 1.165) is 26.1 Å². The summed E-state index contributed by atoms with van der Waals surface area (Å²) in [7, 11) is 5.48. The lowest BCUT2D eigenvalue weighted by atomic mass is 10.3. The minimum atomic E-state index is 0.190. The van der Waals surface area contributed by atoms with Crippen molar-refractivity contribution in [3.05, 3.63) is 0 Å². The molecular formula is C10H20N2O2. The van der Waals surface area contributed by atoms with E-state index in [2.05, 4.69) is 17.3 Å². The van der Waals surface area contributed by atoms with Crippen LogP contribution in [0.4, 0.5) is 0 Å². The quantitative estimate of drug-likeness (QED) is 0.653. The summed E-state index contributed by atoms with van der Waals surface area (Å²) >= 11 is 0. The van der Waals surface area contributed by atoms with Gasteiger partial charge in [-0.05, 0) is 19.4 Å². The van der Waals surface area contributed by atoms with Gasteiger partial charge in [-0.1, -0.05) is 0 Å². The lowest BCUT2D eigenvalue weighted by Gasteiger charge is -2.15. The second-order valence-electron chi connectivity index (χ2n) is 3.97. The Balaban J connectivity index is 2.12. The first-order valence-corrected chi connectivity index (χ1v) is 5.08. The zero-order valence-electron chi connectivity index (χ0n) is 9.25. The van der Waals surface area contributed by atoms with Gasteiger partial charge in [-0.15, -0.1) is 0 Å². The summed E-state index contributed by atoms with van der Waals surface area (Å²) in [6, 6.07) is 0. The van der Waals surface area contributed by atoms with Gasteiger partial charge in [-0.3, -0.25) is 4.79 Å². The molecule has 0 bridgehead atoms. The Morgan fingerprint density at radius 3 is 2.93 bits per heavy atom. The predicted molar refractivity (Wildman–Crippen MR) is 55.0 cm³/mol. The molecule has 14 heavy (non-hydrogen) atoms. The number of carbonyl (C=O) groups is 1. The van der Waals surface area contributed by atoms with E-state index in [1.165, 1.54) is 0 Å². The monoisotopic (exact) mass is 200 g/mol. The minimum absolute atomic E-state index is 0.190. The zero-order chi connectivity index (χ0) is 10.6. The molecule has 1 amide bonds. The molecule has 1 fully saturated rings. The first kappa shape index (κ1) is 11.5. The van der Waals surface area contributed by atoms with Gasteiger partial charge in [-0.2, -0.15) is 0 Å². The number of hydrogen-bond acceptors (Lipinski definition) is 3. The number of nitrogens with one attached hydrogen (secondary N) is 1. The van der Waals surface area contributed by atoms with Crippen LogP contribution in [-0.4, -0.2) is 51.7 Å². The van der Waals surface area contributed by atoms with Gasteiger partial charge < -0.3 is 15.0 Å². The largest absolute Gasteiger partial charge is 0.383 e. The fraction of sp³-hybridized carbons (Fsp3) is 0.900. The topological polar surface area (TPSA) is 41.6 Å². The lowest BCUT2D eigenvalue weighted by Crippen LogP contribution is -2.27. The van der Waals surface area contributed by atoms with Crippen LogP contribution in [0.15, 0.2) is 0 Å². The highest BCUT2D eigenvalue weighted by Crippen LogP contribution is 2.38. The summed E-state index contributed by atoms with van der Waals surface area (Å²) in [5.41, 5.74) is 0. The van der Waals surface area contributed by atoms with Crippen molar-refractivity contribution < 1.29 is 9.53 Å².